The lowest BCUT2D eigenvalue weighted by molar-refractivity contribution is 0.254. The van der Waals surface area contributed by atoms with E-state index >= 15 is 0 Å². The molecule has 9 heteroatoms. The van der Waals surface area contributed by atoms with E-state index in [9.17, 15) is 8.42 Å². The van der Waals surface area contributed by atoms with Gasteiger partial charge in [-0.15, -0.1) is 24.0 Å². The lowest BCUT2D eigenvalue weighted by atomic mass is 10.1. The third-order valence-electron chi connectivity index (χ3n) is 3.90. The molecule has 7 nitrogen and oxygen atoms in total. The van der Waals surface area contributed by atoms with Crippen LogP contribution in [0.1, 0.15) is 31.9 Å². The lowest BCUT2D eigenvalue weighted by Gasteiger charge is -2.13. The molecule has 0 bridgehead atoms. The van der Waals surface area contributed by atoms with E-state index in [1.54, 1.807) is 0 Å². The predicted molar refractivity (Wildman–Crippen MR) is 119 cm³/mol. The quantitative estimate of drug-likeness (QED) is 0.316. The third kappa shape index (κ3) is 7.73. The standard InChI is InChI=1S/C18H29N3O4S.HI/c1-5-19-18(20-7-8-26(4,22)23)21-12-15-11-17-14(9-13(3)25-17)10-16(15)24-6-2;/h10-11,13H,5-9,12H2,1-4H3,(H2,19,20,21);1H. The minimum absolute atomic E-state index is 0. The first kappa shape index (κ1) is 23.8. The van der Waals surface area contributed by atoms with Gasteiger partial charge in [0.1, 0.15) is 27.4 Å². The van der Waals surface area contributed by atoms with E-state index in [4.69, 9.17) is 9.47 Å². The van der Waals surface area contributed by atoms with Crippen LogP contribution in [-0.2, 0) is 22.8 Å². The molecular weight excluding hydrogens is 481 g/mol. The van der Waals surface area contributed by atoms with Crippen molar-refractivity contribution < 1.29 is 17.9 Å². The molecule has 1 aromatic carbocycles. The Morgan fingerprint density at radius 1 is 1.33 bits per heavy atom. The number of hydrogen-bond donors (Lipinski definition) is 2. The molecule has 1 atom stereocenters. The van der Waals surface area contributed by atoms with Crippen LogP contribution in [0.5, 0.6) is 11.5 Å². The Bertz CT molecular complexity index is 753. The summed E-state index contributed by atoms with van der Waals surface area (Å²) in [7, 11) is -3.01. The highest BCUT2D eigenvalue weighted by molar-refractivity contribution is 14.0. The van der Waals surface area contributed by atoms with Crippen LogP contribution < -0.4 is 20.1 Å². The first-order valence-corrected chi connectivity index (χ1v) is 11.0. The predicted octanol–water partition coefficient (Wildman–Crippen LogP) is 2.13. The monoisotopic (exact) mass is 511 g/mol. The van der Waals surface area contributed by atoms with Crippen molar-refractivity contribution in [2.45, 2.75) is 39.8 Å². The molecule has 154 valence electrons. The molecule has 2 rings (SSSR count). The second-order valence-corrected chi connectivity index (χ2v) is 8.64. The highest BCUT2D eigenvalue weighted by Crippen LogP contribution is 2.35. The first-order chi connectivity index (χ1) is 12.3. The topological polar surface area (TPSA) is 89.0 Å². The Hall–Kier alpha value is -1.23. The van der Waals surface area contributed by atoms with E-state index in [1.807, 2.05) is 32.9 Å². The van der Waals surface area contributed by atoms with Gasteiger partial charge in [0.25, 0.3) is 0 Å². The highest BCUT2D eigenvalue weighted by Gasteiger charge is 2.21. The molecule has 0 aliphatic carbocycles. The van der Waals surface area contributed by atoms with E-state index in [2.05, 4.69) is 15.6 Å². The number of ether oxygens (including phenoxy) is 2. The average molecular weight is 511 g/mol. The largest absolute Gasteiger partial charge is 0.494 e. The molecular formula is C18H30IN3O4S. The summed E-state index contributed by atoms with van der Waals surface area (Å²) in [6, 6.07) is 4.03. The number of sulfone groups is 1. The molecule has 1 unspecified atom stereocenters. The maximum absolute atomic E-state index is 11.3. The van der Waals surface area contributed by atoms with Gasteiger partial charge in [0, 0.05) is 36.9 Å². The van der Waals surface area contributed by atoms with Gasteiger partial charge >= 0.3 is 0 Å². The number of nitrogens with zero attached hydrogens (tertiary/aromatic N) is 1. The summed E-state index contributed by atoms with van der Waals surface area (Å²) in [5.41, 5.74) is 2.10. The van der Waals surface area contributed by atoms with Gasteiger partial charge in [-0.2, -0.15) is 0 Å². The fourth-order valence-corrected chi connectivity index (χ4v) is 3.23. The summed E-state index contributed by atoms with van der Waals surface area (Å²) < 4.78 is 34.1. The molecule has 0 aromatic heterocycles. The van der Waals surface area contributed by atoms with Crippen LogP contribution in [0.25, 0.3) is 0 Å². The zero-order chi connectivity index (χ0) is 19.2. The van der Waals surface area contributed by atoms with Gasteiger partial charge in [-0.3, -0.25) is 0 Å². The SMILES string of the molecule is CCNC(=NCc1cc2c(cc1OCC)CC(C)O2)NCCS(C)(=O)=O.I. The molecule has 27 heavy (non-hydrogen) atoms. The van der Waals surface area contributed by atoms with E-state index in [1.165, 1.54) is 6.26 Å². The number of fused-ring (bicyclic) bond motifs is 1. The van der Waals surface area contributed by atoms with Gasteiger partial charge in [-0.25, -0.2) is 13.4 Å². The number of halogens is 1. The summed E-state index contributed by atoms with van der Waals surface area (Å²) in [4.78, 5) is 4.55. The number of nitrogens with one attached hydrogen (secondary N) is 2. The lowest BCUT2D eigenvalue weighted by Crippen LogP contribution is -2.39. The molecule has 1 aromatic rings. The van der Waals surface area contributed by atoms with Crippen LogP contribution in [-0.4, -0.2) is 52.2 Å². The summed E-state index contributed by atoms with van der Waals surface area (Å²) in [5.74, 6) is 2.35. The van der Waals surface area contributed by atoms with Gasteiger partial charge < -0.3 is 20.1 Å². The van der Waals surface area contributed by atoms with Gasteiger partial charge in [-0.05, 0) is 32.9 Å². The Morgan fingerprint density at radius 2 is 2.07 bits per heavy atom. The normalized spacial score (nSPS) is 16.1. The van der Waals surface area contributed by atoms with Crippen molar-refractivity contribution in [2.24, 2.45) is 4.99 Å². The zero-order valence-corrected chi connectivity index (χ0v) is 19.5. The third-order valence-corrected chi connectivity index (χ3v) is 4.84. The van der Waals surface area contributed by atoms with Crippen molar-refractivity contribution in [3.8, 4) is 11.5 Å². The van der Waals surface area contributed by atoms with Crippen molar-refractivity contribution in [1.82, 2.24) is 10.6 Å². The maximum atomic E-state index is 11.3. The second-order valence-electron chi connectivity index (χ2n) is 6.39. The van der Waals surface area contributed by atoms with E-state index in [0.717, 1.165) is 29.0 Å². The van der Waals surface area contributed by atoms with Crippen molar-refractivity contribution >= 4 is 39.8 Å². The summed E-state index contributed by atoms with van der Waals surface area (Å²) in [6.45, 7) is 7.96. The molecule has 1 heterocycles. The van der Waals surface area contributed by atoms with Crippen molar-refractivity contribution in [3.05, 3.63) is 23.3 Å². The number of benzene rings is 1. The Kier molecular flexibility index (Phi) is 9.65. The summed E-state index contributed by atoms with van der Waals surface area (Å²) >= 11 is 0. The fourth-order valence-electron chi connectivity index (χ4n) is 2.76. The van der Waals surface area contributed by atoms with Crippen LogP contribution in [0.2, 0.25) is 0 Å². The molecule has 0 saturated heterocycles. The number of rotatable bonds is 8. The molecule has 2 N–H and O–H groups in total. The van der Waals surface area contributed by atoms with Gasteiger partial charge in [0.2, 0.25) is 0 Å². The van der Waals surface area contributed by atoms with Crippen LogP contribution in [0.4, 0.5) is 0 Å². The molecule has 1 aliphatic heterocycles. The van der Waals surface area contributed by atoms with E-state index in [-0.39, 0.29) is 35.8 Å². The van der Waals surface area contributed by atoms with Crippen molar-refractivity contribution in [3.63, 3.8) is 0 Å². The number of guanidine groups is 1. The summed E-state index contributed by atoms with van der Waals surface area (Å²) in [5, 5.41) is 6.17. The second kappa shape index (κ2) is 10.9. The smallest absolute Gasteiger partial charge is 0.191 e. The van der Waals surface area contributed by atoms with Crippen molar-refractivity contribution in [1.29, 1.82) is 0 Å². The van der Waals surface area contributed by atoms with Gasteiger partial charge in [0.15, 0.2) is 5.96 Å². The van der Waals surface area contributed by atoms with Gasteiger partial charge in [-0.1, -0.05) is 0 Å². The first-order valence-electron chi connectivity index (χ1n) is 8.97. The fraction of sp³-hybridized carbons (Fsp3) is 0.611. The van der Waals surface area contributed by atoms with Crippen LogP contribution in [0, 0.1) is 0 Å². The Labute approximate surface area is 179 Å². The summed E-state index contributed by atoms with van der Waals surface area (Å²) in [6.07, 6.45) is 2.28. The Balaban J connectivity index is 0.00000364. The molecule has 0 radical (unpaired) electrons. The molecule has 0 saturated carbocycles. The molecule has 1 aliphatic rings. The van der Waals surface area contributed by atoms with E-state index in [0.29, 0.717) is 32.2 Å². The van der Waals surface area contributed by atoms with Crippen LogP contribution in [0.3, 0.4) is 0 Å². The zero-order valence-electron chi connectivity index (χ0n) is 16.4. The van der Waals surface area contributed by atoms with Crippen LogP contribution >= 0.6 is 24.0 Å². The molecule has 0 amide bonds. The highest BCUT2D eigenvalue weighted by atomic mass is 127. The van der Waals surface area contributed by atoms with E-state index < -0.39 is 9.84 Å². The molecule has 0 spiro atoms. The minimum atomic E-state index is -3.01. The average Bonchev–Trinajstić information content (AvgIpc) is 2.90. The van der Waals surface area contributed by atoms with Crippen LogP contribution in [0.15, 0.2) is 17.1 Å². The number of hydrogen-bond acceptors (Lipinski definition) is 5. The Morgan fingerprint density at radius 3 is 2.70 bits per heavy atom. The van der Waals surface area contributed by atoms with Gasteiger partial charge in [0.05, 0.1) is 18.9 Å². The van der Waals surface area contributed by atoms with Crippen molar-refractivity contribution in [2.75, 3.05) is 31.7 Å². The minimum Gasteiger partial charge on any atom is -0.494 e. The number of aliphatic imine (C=N–C) groups is 1. The maximum Gasteiger partial charge on any atom is 0.191 e. The molecule has 0 fully saturated rings.